The van der Waals surface area contributed by atoms with Crippen LogP contribution in [-0.4, -0.2) is 26.5 Å². The van der Waals surface area contributed by atoms with Gasteiger partial charge < -0.3 is 14.6 Å². The number of rotatable bonds is 4. The van der Waals surface area contributed by atoms with Crippen LogP contribution in [0.3, 0.4) is 0 Å². The third-order valence-electron chi connectivity index (χ3n) is 1.92. The first-order valence-corrected chi connectivity index (χ1v) is 5.92. The molecule has 0 aliphatic carbocycles. The van der Waals surface area contributed by atoms with Crippen molar-refractivity contribution < 1.29 is 36.6 Å². The Kier molecular flexibility index (Phi) is 4.57. The van der Waals surface area contributed by atoms with Crippen LogP contribution in [0.2, 0.25) is 0 Å². The molecule has 3 nitrogen and oxygen atoms in total. The summed E-state index contributed by atoms with van der Waals surface area (Å²) >= 11 is 0. The molecule has 0 amide bonds. The van der Waals surface area contributed by atoms with Crippen molar-refractivity contribution in [3.05, 3.63) is 34.6 Å². The summed E-state index contributed by atoms with van der Waals surface area (Å²) in [6.45, 7) is -2.12. The Morgan fingerprint density at radius 2 is 1.29 bits per heavy atom. The molecule has 1 aromatic rings. The van der Waals surface area contributed by atoms with Gasteiger partial charge in [0.1, 0.15) is 0 Å². The maximum absolute atomic E-state index is 13.0. The van der Waals surface area contributed by atoms with E-state index in [0.717, 1.165) is 0 Å². The van der Waals surface area contributed by atoms with Gasteiger partial charge in [-0.15, -0.1) is 0 Å². The summed E-state index contributed by atoms with van der Waals surface area (Å²) < 4.78 is 68.4. The Morgan fingerprint density at radius 1 is 0.882 bits per heavy atom. The lowest BCUT2D eigenvalue weighted by molar-refractivity contribution is -0.180. The molecule has 0 atom stereocenters. The van der Waals surface area contributed by atoms with Crippen molar-refractivity contribution in [2.24, 2.45) is 0 Å². The maximum atomic E-state index is 13.0. The Morgan fingerprint density at radius 3 is 1.71 bits per heavy atom. The van der Waals surface area contributed by atoms with Crippen molar-refractivity contribution in [1.29, 1.82) is 0 Å². The van der Waals surface area contributed by atoms with Gasteiger partial charge in [0.25, 0.3) is 6.48 Å². The van der Waals surface area contributed by atoms with E-state index in [1.807, 2.05) is 0 Å². The van der Waals surface area contributed by atoms with Gasteiger partial charge in [-0.25, -0.2) is 22.0 Å². The summed E-state index contributed by atoms with van der Waals surface area (Å²) in [6, 6.07) is -0.552. The van der Waals surface area contributed by atoms with Crippen molar-refractivity contribution in [2.75, 3.05) is 0 Å². The molecule has 0 radical (unpaired) electrons. The summed E-state index contributed by atoms with van der Waals surface area (Å²) in [5, 5.41) is 16.6. The smallest absolute Gasteiger partial charge is 0.256 e. The van der Waals surface area contributed by atoms with E-state index in [2.05, 4.69) is 4.43 Å². The van der Waals surface area contributed by atoms with Gasteiger partial charge in [-0.1, -0.05) is 0 Å². The zero-order valence-electron chi connectivity index (χ0n) is 8.18. The van der Waals surface area contributed by atoms with E-state index < -0.39 is 56.9 Å². The molecular formula is C8H7F5O3Si. The van der Waals surface area contributed by atoms with Gasteiger partial charge in [0.2, 0.25) is 5.82 Å². The van der Waals surface area contributed by atoms with Gasteiger partial charge in [-0.3, -0.25) is 0 Å². The second-order valence-corrected chi connectivity index (χ2v) is 4.24. The van der Waals surface area contributed by atoms with Gasteiger partial charge in [0.05, 0.1) is 0 Å². The van der Waals surface area contributed by atoms with E-state index in [1.54, 1.807) is 0 Å². The normalized spacial score (nSPS) is 12.0. The Balaban J connectivity index is 2.99. The minimum absolute atomic E-state index is 0.552. The van der Waals surface area contributed by atoms with Crippen molar-refractivity contribution in [3.63, 3.8) is 0 Å². The van der Waals surface area contributed by atoms with E-state index >= 15 is 0 Å². The van der Waals surface area contributed by atoms with Crippen LogP contribution < -0.4 is 0 Å². The highest BCUT2D eigenvalue weighted by molar-refractivity contribution is 6.26. The monoisotopic (exact) mass is 274 g/mol. The molecule has 9 heteroatoms. The highest BCUT2D eigenvalue weighted by atomic mass is 28.2. The van der Waals surface area contributed by atoms with Crippen molar-refractivity contribution in [2.45, 2.75) is 12.5 Å². The molecule has 0 aliphatic heterocycles. The first-order chi connectivity index (χ1) is 7.86. The highest BCUT2D eigenvalue weighted by Gasteiger charge is 2.25. The van der Waals surface area contributed by atoms with Crippen LogP contribution >= 0.6 is 0 Å². The Bertz CT molecular complexity index is 397. The van der Waals surface area contributed by atoms with Crippen LogP contribution in [0.1, 0.15) is 5.56 Å². The fraction of sp³-hybridized carbons (Fsp3) is 0.250. The SMILES string of the molecule is OC(O)O[SiH2]Cc1c(F)c(F)c(F)c(F)c1F. The van der Waals surface area contributed by atoms with Crippen LogP contribution in [0, 0.1) is 29.1 Å². The largest absolute Gasteiger partial charge is 0.379 e. The quantitative estimate of drug-likeness (QED) is 0.272. The van der Waals surface area contributed by atoms with E-state index in [0.29, 0.717) is 0 Å². The molecule has 0 aromatic heterocycles. The fourth-order valence-corrected chi connectivity index (χ4v) is 2.11. The Labute approximate surface area is 94.4 Å². The molecule has 2 N–H and O–H groups in total. The number of hydrogen-bond donors (Lipinski definition) is 2. The Hall–Kier alpha value is -1.03. The van der Waals surface area contributed by atoms with Crippen LogP contribution in [0.4, 0.5) is 22.0 Å². The number of hydrogen-bond acceptors (Lipinski definition) is 3. The molecule has 0 unspecified atom stereocenters. The lowest BCUT2D eigenvalue weighted by Gasteiger charge is -2.09. The van der Waals surface area contributed by atoms with E-state index in [-0.39, 0.29) is 0 Å². The van der Waals surface area contributed by atoms with Crippen LogP contribution in [-0.2, 0) is 10.5 Å². The van der Waals surface area contributed by atoms with Gasteiger partial charge in [-0.2, -0.15) is 0 Å². The topological polar surface area (TPSA) is 49.7 Å². The lowest BCUT2D eigenvalue weighted by atomic mass is 10.2. The molecule has 1 aromatic carbocycles. The van der Waals surface area contributed by atoms with Crippen molar-refractivity contribution >= 4 is 9.76 Å². The van der Waals surface area contributed by atoms with Gasteiger partial charge >= 0.3 is 0 Å². The average Bonchev–Trinajstić information content (AvgIpc) is 2.28. The predicted molar refractivity (Wildman–Crippen MR) is 47.8 cm³/mol. The molecule has 96 valence electrons. The number of benzene rings is 1. The third-order valence-corrected chi connectivity index (χ3v) is 3.16. The molecule has 1 rings (SSSR count). The van der Waals surface area contributed by atoms with Gasteiger partial charge in [0.15, 0.2) is 33.0 Å². The van der Waals surface area contributed by atoms with Crippen LogP contribution in [0.5, 0.6) is 0 Å². The van der Waals surface area contributed by atoms with E-state index in [9.17, 15) is 22.0 Å². The fourth-order valence-electron chi connectivity index (χ4n) is 1.14. The average molecular weight is 274 g/mol. The summed E-state index contributed by atoms with van der Waals surface area (Å²) in [4.78, 5) is 0. The van der Waals surface area contributed by atoms with Crippen LogP contribution in [0.25, 0.3) is 0 Å². The number of halogens is 5. The molecule has 0 saturated heterocycles. The predicted octanol–water partition coefficient (Wildman–Crippen LogP) is 0.251. The van der Waals surface area contributed by atoms with Crippen molar-refractivity contribution in [1.82, 2.24) is 0 Å². The van der Waals surface area contributed by atoms with Gasteiger partial charge in [-0.05, 0) is 6.04 Å². The molecule has 0 bridgehead atoms. The molecule has 0 heterocycles. The second-order valence-electron chi connectivity index (χ2n) is 3.00. The molecule has 0 fully saturated rings. The standard InChI is InChI=1S/C8H7F5O3Si/c9-3-2(1-17-16-8(14)15)4(10)6(12)7(13)5(3)11/h8,14-15H,1,17H2. The van der Waals surface area contributed by atoms with Crippen molar-refractivity contribution in [3.8, 4) is 0 Å². The molecule has 0 saturated carbocycles. The summed E-state index contributed by atoms with van der Waals surface area (Å²) in [6.07, 6.45) is 0. The molecular weight excluding hydrogens is 267 g/mol. The summed E-state index contributed by atoms with van der Waals surface area (Å²) in [5.74, 6) is -10.1. The number of aliphatic hydroxyl groups excluding tert-OH is 1. The third kappa shape index (κ3) is 3.00. The van der Waals surface area contributed by atoms with E-state index in [4.69, 9.17) is 10.2 Å². The first-order valence-electron chi connectivity index (χ1n) is 4.34. The minimum atomic E-state index is -2.23. The molecule has 0 spiro atoms. The zero-order chi connectivity index (χ0) is 13.2. The van der Waals surface area contributed by atoms with Gasteiger partial charge in [0, 0.05) is 5.56 Å². The second kappa shape index (κ2) is 5.54. The number of aliphatic hydroxyl groups is 2. The lowest BCUT2D eigenvalue weighted by Crippen LogP contribution is -2.17. The molecule has 0 aliphatic rings. The minimum Gasteiger partial charge on any atom is -0.379 e. The van der Waals surface area contributed by atoms with Crippen LogP contribution in [0.15, 0.2) is 0 Å². The summed E-state index contributed by atoms with van der Waals surface area (Å²) in [7, 11) is -1.86. The maximum Gasteiger partial charge on any atom is 0.256 e. The zero-order valence-corrected chi connectivity index (χ0v) is 9.60. The molecule has 17 heavy (non-hydrogen) atoms. The first kappa shape index (κ1) is 14.0. The summed E-state index contributed by atoms with van der Waals surface area (Å²) in [5.41, 5.74) is -1.01. The van der Waals surface area contributed by atoms with E-state index in [1.165, 1.54) is 0 Å². The highest BCUT2D eigenvalue weighted by Crippen LogP contribution is 2.23.